The van der Waals surface area contributed by atoms with Gasteiger partial charge in [-0.1, -0.05) is 0 Å². The maximum absolute atomic E-state index is 12.9. The Morgan fingerprint density at radius 3 is 2.21 bits per heavy atom. The van der Waals surface area contributed by atoms with Crippen LogP contribution in [0, 0.1) is 17.6 Å². The van der Waals surface area contributed by atoms with Crippen molar-refractivity contribution in [1.82, 2.24) is 0 Å². The van der Waals surface area contributed by atoms with E-state index in [0.29, 0.717) is 18.0 Å². The third kappa shape index (κ3) is 1.93. The summed E-state index contributed by atoms with van der Waals surface area (Å²) in [6.07, 6.45) is 2.25. The highest BCUT2D eigenvalue weighted by Crippen LogP contribution is 2.42. The second-order valence-corrected chi connectivity index (χ2v) is 3.88. The zero-order valence-corrected chi connectivity index (χ0v) is 7.84. The summed E-state index contributed by atoms with van der Waals surface area (Å²) >= 11 is 0. The molecule has 0 aliphatic heterocycles. The van der Waals surface area contributed by atoms with Crippen LogP contribution < -0.4 is 5.73 Å². The van der Waals surface area contributed by atoms with Crippen LogP contribution in [0.4, 0.5) is 8.78 Å². The van der Waals surface area contributed by atoms with Crippen LogP contribution in [0.15, 0.2) is 18.2 Å². The molecule has 0 heterocycles. The molecule has 1 aliphatic rings. The Morgan fingerprint density at radius 1 is 1.21 bits per heavy atom. The molecule has 0 bridgehead atoms. The fourth-order valence-electron chi connectivity index (χ4n) is 1.89. The lowest BCUT2D eigenvalue weighted by molar-refractivity contribution is 0.560. The second kappa shape index (κ2) is 3.65. The van der Waals surface area contributed by atoms with Gasteiger partial charge in [0, 0.05) is 6.07 Å². The molecule has 0 amide bonds. The van der Waals surface area contributed by atoms with Gasteiger partial charge in [-0.2, -0.15) is 0 Å². The molecule has 76 valence electrons. The smallest absolute Gasteiger partial charge is 0.126 e. The summed E-state index contributed by atoms with van der Waals surface area (Å²) in [4.78, 5) is 0. The number of hydrogen-bond donors (Lipinski definition) is 1. The maximum Gasteiger partial charge on any atom is 0.126 e. The first-order valence-electron chi connectivity index (χ1n) is 4.87. The molecular weight excluding hydrogens is 184 g/mol. The Balaban J connectivity index is 2.28. The zero-order chi connectivity index (χ0) is 10.1. The highest BCUT2D eigenvalue weighted by atomic mass is 19.1. The van der Waals surface area contributed by atoms with Gasteiger partial charge >= 0.3 is 0 Å². The first-order valence-corrected chi connectivity index (χ1v) is 4.87. The van der Waals surface area contributed by atoms with E-state index in [-0.39, 0.29) is 5.92 Å². The SMILES string of the molecule is NCC(c1cc(F)cc(F)c1)C1CC1. The Morgan fingerprint density at radius 2 is 1.79 bits per heavy atom. The summed E-state index contributed by atoms with van der Waals surface area (Å²) in [7, 11) is 0. The van der Waals surface area contributed by atoms with Gasteiger partial charge in [0.05, 0.1) is 0 Å². The van der Waals surface area contributed by atoms with Crippen LogP contribution >= 0.6 is 0 Å². The van der Waals surface area contributed by atoms with Gasteiger partial charge in [-0.25, -0.2) is 8.78 Å². The first-order chi connectivity index (χ1) is 6.70. The fraction of sp³-hybridized carbons (Fsp3) is 0.455. The fourth-order valence-corrected chi connectivity index (χ4v) is 1.89. The number of halogens is 2. The normalized spacial score (nSPS) is 18.2. The third-order valence-corrected chi connectivity index (χ3v) is 2.76. The molecule has 0 saturated heterocycles. The minimum atomic E-state index is -0.515. The standard InChI is InChI=1S/C11H13F2N/c12-9-3-8(4-10(13)5-9)11(6-14)7-1-2-7/h3-5,7,11H,1-2,6,14H2. The van der Waals surface area contributed by atoms with Gasteiger partial charge in [0.25, 0.3) is 0 Å². The number of hydrogen-bond acceptors (Lipinski definition) is 1. The van der Waals surface area contributed by atoms with Crippen LogP contribution in [0.2, 0.25) is 0 Å². The van der Waals surface area contributed by atoms with Crippen molar-refractivity contribution in [2.75, 3.05) is 6.54 Å². The molecule has 1 saturated carbocycles. The summed E-state index contributed by atoms with van der Waals surface area (Å²) in [5.41, 5.74) is 6.30. The van der Waals surface area contributed by atoms with Crippen molar-refractivity contribution < 1.29 is 8.78 Å². The van der Waals surface area contributed by atoms with E-state index in [9.17, 15) is 8.78 Å². The zero-order valence-electron chi connectivity index (χ0n) is 7.84. The van der Waals surface area contributed by atoms with Crippen LogP contribution in [0.25, 0.3) is 0 Å². The quantitative estimate of drug-likeness (QED) is 0.791. The number of rotatable bonds is 3. The van der Waals surface area contributed by atoms with Crippen molar-refractivity contribution in [3.63, 3.8) is 0 Å². The average Bonchev–Trinajstić information content (AvgIpc) is 2.87. The van der Waals surface area contributed by atoms with E-state index in [4.69, 9.17) is 5.73 Å². The monoisotopic (exact) mass is 197 g/mol. The summed E-state index contributed by atoms with van der Waals surface area (Å²) in [5, 5.41) is 0. The van der Waals surface area contributed by atoms with E-state index in [2.05, 4.69) is 0 Å². The van der Waals surface area contributed by atoms with Crippen LogP contribution in [-0.2, 0) is 0 Å². The van der Waals surface area contributed by atoms with Crippen molar-refractivity contribution in [2.24, 2.45) is 11.7 Å². The summed E-state index contributed by atoms with van der Waals surface area (Å²) in [5.74, 6) is -0.375. The average molecular weight is 197 g/mol. The van der Waals surface area contributed by atoms with Gasteiger partial charge in [-0.3, -0.25) is 0 Å². The van der Waals surface area contributed by atoms with Crippen molar-refractivity contribution in [3.05, 3.63) is 35.4 Å². The van der Waals surface area contributed by atoms with Crippen LogP contribution in [-0.4, -0.2) is 6.54 Å². The summed E-state index contributed by atoms with van der Waals surface area (Å²) in [6.45, 7) is 0.466. The van der Waals surface area contributed by atoms with Gasteiger partial charge in [0.15, 0.2) is 0 Å². The lowest BCUT2D eigenvalue weighted by atomic mass is 9.94. The minimum absolute atomic E-state index is 0.125. The molecule has 3 heteroatoms. The Hall–Kier alpha value is -0.960. The van der Waals surface area contributed by atoms with Gasteiger partial charge < -0.3 is 5.73 Å². The third-order valence-electron chi connectivity index (χ3n) is 2.76. The molecule has 1 nitrogen and oxygen atoms in total. The molecule has 1 fully saturated rings. The molecule has 2 N–H and O–H groups in total. The largest absolute Gasteiger partial charge is 0.330 e. The predicted molar refractivity (Wildman–Crippen MR) is 50.9 cm³/mol. The van der Waals surface area contributed by atoms with Crippen LogP contribution in [0.1, 0.15) is 24.3 Å². The molecular formula is C11H13F2N. The molecule has 14 heavy (non-hydrogen) atoms. The molecule has 1 aromatic carbocycles. The van der Waals surface area contributed by atoms with Crippen molar-refractivity contribution in [1.29, 1.82) is 0 Å². The topological polar surface area (TPSA) is 26.0 Å². The molecule has 0 radical (unpaired) electrons. The minimum Gasteiger partial charge on any atom is -0.330 e. The van der Waals surface area contributed by atoms with Gasteiger partial charge in [-0.05, 0) is 48.9 Å². The molecule has 0 spiro atoms. The molecule has 2 rings (SSSR count). The van der Waals surface area contributed by atoms with E-state index in [1.165, 1.54) is 12.1 Å². The molecule has 1 aliphatic carbocycles. The lowest BCUT2D eigenvalue weighted by Gasteiger charge is -2.14. The molecule has 1 unspecified atom stereocenters. The van der Waals surface area contributed by atoms with E-state index in [1.807, 2.05) is 0 Å². The number of nitrogens with two attached hydrogens (primary N) is 1. The van der Waals surface area contributed by atoms with Crippen molar-refractivity contribution in [3.8, 4) is 0 Å². The lowest BCUT2D eigenvalue weighted by Crippen LogP contribution is -2.14. The highest BCUT2D eigenvalue weighted by molar-refractivity contribution is 5.24. The molecule has 1 aromatic rings. The Kier molecular flexibility index (Phi) is 2.50. The van der Waals surface area contributed by atoms with Gasteiger partial charge in [0.2, 0.25) is 0 Å². The highest BCUT2D eigenvalue weighted by Gasteiger charge is 2.31. The summed E-state index contributed by atoms with van der Waals surface area (Å²) < 4.78 is 25.9. The van der Waals surface area contributed by atoms with Crippen LogP contribution in [0.3, 0.4) is 0 Å². The first kappa shape index (κ1) is 9.59. The van der Waals surface area contributed by atoms with Crippen molar-refractivity contribution in [2.45, 2.75) is 18.8 Å². The van der Waals surface area contributed by atoms with Gasteiger partial charge in [0.1, 0.15) is 11.6 Å². The molecule has 1 atom stereocenters. The Labute approximate surface area is 81.9 Å². The van der Waals surface area contributed by atoms with Gasteiger partial charge in [-0.15, -0.1) is 0 Å². The maximum atomic E-state index is 12.9. The van der Waals surface area contributed by atoms with E-state index >= 15 is 0 Å². The van der Waals surface area contributed by atoms with E-state index in [1.54, 1.807) is 0 Å². The second-order valence-electron chi connectivity index (χ2n) is 3.88. The summed E-state index contributed by atoms with van der Waals surface area (Å²) in [6, 6.07) is 3.67. The predicted octanol–water partition coefficient (Wildman–Crippen LogP) is 2.42. The number of benzene rings is 1. The van der Waals surface area contributed by atoms with Crippen molar-refractivity contribution >= 4 is 0 Å². The van der Waals surface area contributed by atoms with Crippen LogP contribution in [0.5, 0.6) is 0 Å². The Bertz CT molecular complexity index is 314. The van der Waals surface area contributed by atoms with E-state index in [0.717, 1.165) is 18.9 Å². The molecule has 0 aromatic heterocycles. The van der Waals surface area contributed by atoms with E-state index < -0.39 is 11.6 Å².